The van der Waals surface area contributed by atoms with Crippen LogP contribution in [0.4, 0.5) is 14.5 Å². The highest BCUT2D eigenvalue weighted by atomic mass is 19.3. The van der Waals surface area contributed by atoms with Gasteiger partial charge in [-0.25, -0.2) is 0 Å². The second-order valence-electron chi connectivity index (χ2n) is 6.12. The number of nitrogens with one attached hydrogen (secondary N) is 2. The first-order chi connectivity index (χ1) is 12.5. The summed E-state index contributed by atoms with van der Waals surface area (Å²) >= 11 is 0. The van der Waals surface area contributed by atoms with Crippen LogP contribution in [0, 0.1) is 0 Å². The van der Waals surface area contributed by atoms with Crippen LogP contribution >= 0.6 is 0 Å². The van der Waals surface area contributed by atoms with Gasteiger partial charge < -0.3 is 20.3 Å². The number of halogens is 2. The Kier molecular flexibility index (Phi) is 7.77. The second kappa shape index (κ2) is 10.1. The molecule has 2 N–H and O–H groups in total. The van der Waals surface area contributed by atoms with Gasteiger partial charge in [0.1, 0.15) is 5.75 Å². The molecule has 1 aliphatic rings. The molecule has 0 saturated carbocycles. The number of hydrogen-bond donors (Lipinski definition) is 2. The fraction of sp³-hybridized carbons (Fsp3) is 0.556. The second-order valence-corrected chi connectivity index (χ2v) is 6.12. The predicted octanol–water partition coefficient (Wildman–Crippen LogP) is 2.61. The molecule has 1 aliphatic heterocycles. The predicted molar refractivity (Wildman–Crippen MR) is 94.2 cm³/mol. The number of anilines is 1. The number of carbonyl (C=O) groups excluding carboxylic acids is 2. The van der Waals surface area contributed by atoms with Gasteiger partial charge in [-0.15, -0.1) is 0 Å². The Morgan fingerprint density at radius 1 is 1.35 bits per heavy atom. The topological polar surface area (TPSA) is 70.7 Å². The van der Waals surface area contributed by atoms with E-state index in [0.29, 0.717) is 25.2 Å². The summed E-state index contributed by atoms with van der Waals surface area (Å²) in [5, 5.41) is 5.89. The van der Waals surface area contributed by atoms with Gasteiger partial charge in [0, 0.05) is 25.2 Å². The average molecular weight is 369 g/mol. The first-order valence-electron chi connectivity index (χ1n) is 8.86. The first kappa shape index (κ1) is 20.1. The maximum absolute atomic E-state index is 12.3. The van der Waals surface area contributed by atoms with E-state index >= 15 is 0 Å². The zero-order valence-electron chi connectivity index (χ0n) is 14.8. The number of alkyl halides is 2. The Morgan fingerprint density at radius 2 is 2.08 bits per heavy atom. The van der Waals surface area contributed by atoms with E-state index in [9.17, 15) is 18.4 Å². The van der Waals surface area contributed by atoms with Crippen molar-refractivity contribution < 1.29 is 23.1 Å². The molecular formula is C18H25F2N3O3. The fourth-order valence-corrected chi connectivity index (χ4v) is 2.91. The Balaban J connectivity index is 1.72. The van der Waals surface area contributed by atoms with E-state index in [2.05, 4.69) is 15.4 Å². The quantitative estimate of drug-likeness (QED) is 0.702. The van der Waals surface area contributed by atoms with Gasteiger partial charge in [-0.2, -0.15) is 8.78 Å². The van der Waals surface area contributed by atoms with Crippen molar-refractivity contribution in [2.75, 3.05) is 25.0 Å². The average Bonchev–Trinajstić information content (AvgIpc) is 3.14. The lowest BCUT2D eigenvalue weighted by Crippen LogP contribution is -2.44. The van der Waals surface area contributed by atoms with Crippen LogP contribution in [0.3, 0.4) is 0 Å². The number of ether oxygens (including phenoxy) is 1. The fourth-order valence-electron chi connectivity index (χ4n) is 2.91. The molecule has 0 aliphatic carbocycles. The van der Waals surface area contributed by atoms with Gasteiger partial charge in [-0.3, -0.25) is 9.59 Å². The van der Waals surface area contributed by atoms with E-state index in [1.807, 2.05) is 6.92 Å². The number of likely N-dealkylation sites (N-methyl/N-ethyl adjacent to an activating group) is 1. The number of nitrogens with zero attached hydrogens (tertiary/aromatic N) is 1. The molecule has 1 heterocycles. The van der Waals surface area contributed by atoms with Crippen molar-refractivity contribution in [3.8, 4) is 5.75 Å². The number of hydrogen-bond acceptors (Lipinski definition) is 4. The van der Waals surface area contributed by atoms with Crippen LogP contribution in [0.1, 0.15) is 32.6 Å². The molecule has 1 aromatic rings. The standard InChI is InChI=1S/C18H25F2N3O3/c1-2-23(17(25)15-5-3-11-21-15)12-4-6-16(24)22-13-7-9-14(10-8-13)26-18(19)20/h7-10,15,18,21H,2-6,11-12H2,1H3,(H,22,24)/t15-/m1/s1. The number of carbonyl (C=O) groups is 2. The van der Waals surface area contributed by atoms with E-state index in [4.69, 9.17) is 0 Å². The summed E-state index contributed by atoms with van der Waals surface area (Å²) < 4.78 is 28.4. The van der Waals surface area contributed by atoms with Gasteiger partial charge in [0.2, 0.25) is 11.8 Å². The van der Waals surface area contributed by atoms with E-state index < -0.39 is 6.61 Å². The molecule has 0 radical (unpaired) electrons. The van der Waals surface area contributed by atoms with Gasteiger partial charge in [-0.05, 0) is 57.0 Å². The van der Waals surface area contributed by atoms with Gasteiger partial charge >= 0.3 is 6.61 Å². The van der Waals surface area contributed by atoms with Crippen LogP contribution in [0.25, 0.3) is 0 Å². The molecule has 8 heteroatoms. The summed E-state index contributed by atoms with van der Waals surface area (Å²) in [7, 11) is 0. The van der Waals surface area contributed by atoms with Crippen molar-refractivity contribution >= 4 is 17.5 Å². The van der Waals surface area contributed by atoms with E-state index in [-0.39, 0.29) is 30.0 Å². The van der Waals surface area contributed by atoms with Crippen molar-refractivity contribution in [3.05, 3.63) is 24.3 Å². The monoisotopic (exact) mass is 369 g/mol. The molecule has 0 bridgehead atoms. The Labute approximate surface area is 151 Å². The lowest BCUT2D eigenvalue weighted by molar-refractivity contribution is -0.133. The molecule has 2 amide bonds. The van der Waals surface area contributed by atoms with E-state index in [1.165, 1.54) is 24.3 Å². The number of amides is 2. The van der Waals surface area contributed by atoms with Crippen molar-refractivity contribution in [2.24, 2.45) is 0 Å². The van der Waals surface area contributed by atoms with Gasteiger partial charge in [-0.1, -0.05) is 0 Å². The van der Waals surface area contributed by atoms with Gasteiger partial charge in [0.05, 0.1) is 6.04 Å². The van der Waals surface area contributed by atoms with Crippen LogP contribution in [0.15, 0.2) is 24.3 Å². The van der Waals surface area contributed by atoms with Crippen LogP contribution < -0.4 is 15.4 Å². The highest BCUT2D eigenvalue weighted by molar-refractivity contribution is 5.90. The molecule has 2 rings (SSSR count). The summed E-state index contributed by atoms with van der Waals surface area (Å²) in [4.78, 5) is 26.1. The minimum absolute atomic E-state index is 0.0376. The normalized spacial score (nSPS) is 16.5. The Morgan fingerprint density at radius 3 is 2.65 bits per heavy atom. The SMILES string of the molecule is CCN(CCCC(=O)Nc1ccc(OC(F)F)cc1)C(=O)[C@H]1CCCN1. The highest BCUT2D eigenvalue weighted by Gasteiger charge is 2.25. The maximum Gasteiger partial charge on any atom is 0.387 e. The molecule has 144 valence electrons. The van der Waals surface area contributed by atoms with E-state index in [0.717, 1.165) is 19.4 Å². The summed E-state index contributed by atoms with van der Waals surface area (Å²) in [6.45, 7) is 1.07. The largest absolute Gasteiger partial charge is 0.435 e. The molecule has 0 spiro atoms. The third-order valence-electron chi connectivity index (χ3n) is 4.25. The van der Waals surface area contributed by atoms with Gasteiger partial charge in [0.15, 0.2) is 0 Å². The molecule has 26 heavy (non-hydrogen) atoms. The molecule has 1 fully saturated rings. The van der Waals surface area contributed by atoms with E-state index in [1.54, 1.807) is 4.90 Å². The number of benzene rings is 1. The molecule has 0 aromatic heterocycles. The van der Waals surface area contributed by atoms with Crippen molar-refractivity contribution in [2.45, 2.75) is 45.3 Å². The van der Waals surface area contributed by atoms with Crippen molar-refractivity contribution in [1.29, 1.82) is 0 Å². The van der Waals surface area contributed by atoms with Crippen LogP contribution in [0.5, 0.6) is 5.75 Å². The van der Waals surface area contributed by atoms with Crippen LogP contribution in [0.2, 0.25) is 0 Å². The van der Waals surface area contributed by atoms with Crippen molar-refractivity contribution in [1.82, 2.24) is 10.2 Å². The molecular weight excluding hydrogens is 344 g/mol. The first-order valence-corrected chi connectivity index (χ1v) is 8.86. The summed E-state index contributed by atoms with van der Waals surface area (Å²) in [6.07, 6.45) is 2.71. The summed E-state index contributed by atoms with van der Waals surface area (Å²) in [5.74, 6) is -0.0503. The molecule has 0 unspecified atom stereocenters. The molecule has 1 saturated heterocycles. The lowest BCUT2D eigenvalue weighted by Gasteiger charge is -2.24. The molecule has 6 nitrogen and oxygen atoms in total. The maximum atomic E-state index is 12.3. The van der Waals surface area contributed by atoms with Crippen LogP contribution in [-0.4, -0.2) is 49.0 Å². The van der Waals surface area contributed by atoms with Crippen LogP contribution in [-0.2, 0) is 9.59 Å². The van der Waals surface area contributed by atoms with Crippen molar-refractivity contribution in [3.63, 3.8) is 0 Å². The van der Waals surface area contributed by atoms with Gasteiger partial charge in [0.25, 0.3) is 0 Å². The zero-order valence-corrected chi connectivity index (χ0v) is 14.8. The minimum atomic E-state index is -2.88. The highest BCUT2D eigenvalue weighted by Crippen LogP contribution is 2.18. The Hall–Kier alpha value is -2.22. The number of rotatable bonds is 9. The Bertz CT molecular complexity index is 590. The third-order valence-corrected chi connectivity index (χ3v) is 4.25. The molecule has 1 aromatic carbocycles. The third kappa shape index (κ3) is 6.25. The lowest BCUT2D eigenvalue weighted by atomic mass is 10.2. The zero-order chi connectivity index (χ0) is 18.9. The summed E-state index contributed by atoms with van der Waals surface area (Å²) in [6, 6.07) is 5.64. The summed E-state index contributed by atoms with van der Waals surface area (Å²) in [5.41, 5.74) is 0.509. The minimum Gasteiger partial charge on any atom is -0.435 e. The molecule has 1 atom stereocenters. The smallest absolute Gasteiger partial charge is 0.387 e.